The van der Waals surface area contributed by atoms with Crippen LogP contribution in [0.4, 0.5) is 5.69 Å². The second-order valence-corrected chi connectivity index (χ2v) is 4.70. The first-order chi connectivity index (χ1) is 9.77. The van der Waals surface area contributed by atoms with Crippen LogP contribution in [-0.4, -0.2) is 37.7 Å². The van der Waals surface area contributed by atoms with E-state index in [0.717, 1.165) is 51.1 Å². The number of aromatic nitrogens is 1. The molecule has 0 atom stereocenters. The number of carbonyl (C=O) groups is 1. The van der Waals surface area contributed by atoms with Gasteiger partial charge in [0.15, 0.2) is 0 Å². The van der Waals surface area contributed by atoms with Gasteiger partial charge in [0.1, 0.15) is 0 Å². The first-order valence-electron chi connectivity index (χ1n) is 7.24. The molecular formula is C15H25N3O2. The molecule has 0 aliphatic carbocycles. The summed E-state index contributed by atoms with van der Waals surface area (Å²) in [5, 5.41) is 6.14. The Kier molecular flexibility index (Phi) is 8.38. The Labute approximate surface area is 121 Å². The number of anilines is 1. The molecule has 5 nitrogen and oxygen atoms in total. The Hall–Kier alpha value is -1.62. The van der Waals surface area contributed by atoms with Gasteiger partial charge in [0.05, 0.1) is 11.3 Å². The molecular weight excluding hydrogens is 254 g/mol. The van der Waals surface area contributed by atoms with Gasteiger partial charge < -0.3 is 15.4 Å². The van der Waals surface area contributed by atoms with Gasteiger partial charge in [-0.2, -0.15) is 0 Å². The molecule has 0 aliphatic heterocycles. The van der Waals surface area contributed by atoms with Crippen LogP contribution in [0, 0.1) is 0 Å². The Morgan fingerprint density at radius 3 is 2.85 bits per heavy atom. The van der Waals surface area contributed by atoms with E-state index in [1.165, 1.54) is 0 Å². The number of unbranched alkanes of at least 4 members (excludes halogenated alkanes) is 2. The van der Waals surface area contributed by atoms with Gasteiger partial charge in [0.2, 0.25) is 0 Å². The van der Waals surface area contributed by atoms with Crippen LogP contribution in [0.15, 0.2) is 18.5 Å². The molecule has 112 valence electrons. The highest BCUT2D eigenvalue weighted by Crippen LogP contribution is 2.08. The number of ether oxygens (including phenoxy) is 1. The third-order valence-electron chi connectivity index (χ3n) is 2.92. The Morgan fingerprint density at radius 1 is 1.25 bits per heavy atom. The van der Waals surface area contributed by atoms with E-state index in [1.807, 2.05) is 6.07 Å². The van der Waals surface area contributed by atoms with E-state index in [9.17, 15) is 4.79 Å². The summed E-state index contributed by atoms with van der Waals surface area (Å²) in [7, 11) is 1.69. The van der Waals surface area contributed by atoms with Gasteiger partial charge in [0.25, 0.3) is 5.91 Å². The van der Waals surface area contributed by atoms with E-state index in [4.69, 9.17) is 4.74 Å². The number of nitrogens with zero attached hydrogens (tertiary/aromatic N) is 1. The molecule has 1 heterocycles. The number of methoxy groups -OCH3 is 1. The van der Waals surface area contributed by atoms with Crippen LogP contribution < -0.4 is 10.6 Å². The van der Waals surface area contributed by atoms with Crippen LogP contribution >= 0.6 is 0 Å². The molecule has 2 N–H and O–H groups in total. The van der Waals surface area contributed by atoms with E-state index in [-0.39, 0.29) is 5.91 Å². The van der Waals surface area contributed by atoms with Crippen molar-refractivity contribution in [1.29, 1.82) is 0 Å². The third kappa shape index (κ3) is 6.52. The summed E-state index contributed by atoms with van der Waals surface area (Å²) in [6.07, 6.45) is 7.54. The molecule has 1 rings (SSSR count). The zero-order valence-corrected chi connectivity index (χ0v) is 12.4. The largest absolute Gasteiger partial charge is 0.385 e. The zero-order chi connectivity index (χ0) is 14.6. The number of hydrogen-bond acceptors (Lipinski definition) is 4. The number of nitrogens with one attached hydrogen (secondary N) is 2. The van der Waals surface area contributed by atoms with Crippen LogP contribution in [0.5, 0.6) is 0 Å². The lowest BCUT2D eigenvalue weighted by molar-refractivity contribution is 0.0952. The number of pyridine rings is 1. The first-order valence-corrected chi connectivity index (χ1v) is 7.24. The summed E-state index contributed by atoms with van der Waals surface area (Å²) in [5.74, 6) is -0.0610. The zero-order valence-electron chi connectivity index (χ0n) is 12.4. The van der Waals surface area contributed by atoms with Crippen molar-refractivity contribution in [2.45, 2.75) is 32.6 Å². The molecule has 0 bridgehead atoms. The standard InChI is InChI=1S/C15H25N3O2/c1-3-4-5-7-18-15(19)13-10-14(12-16-11-13)17-8-6-9-20-2/h10-12,17H,3-9H2,1-2H3,(H,18,19). The number of rotatable bonds is 10. The fourth-order valence-electron chi connectivity index (χ4n) is 1.79. The summed E-state index contributed by atoms with van der Waals surface area (Å²) >= 11 is 0. The second kappa shape index (κ2) is 10.2. The maximum Gasteiger partial charge on any atom is 0.252 e. The fourth-order valence-corrected chi connectivity index (χ4v) is 1.79. The molecule has 5 heteroatoms. The minimum Gasteiger partial charge on any atom is -0.385 e. The number of amides is 1. The highest BCUT2D eigenvalue weighted by atomic mass is 16.5. The first kappa shape index (κ1) is 16.4. The summed E-state index contributed by atoms with van der Waals surface area (Å²) in [6, 6.07) is 1.83. The third-order valence-corrected chi connectivity index (χ3v) is 2.92. The van der Waals surface area contributed by atoms with Crippen molar-refractivity contribution >= 4 is 11.6 Å². The van der Waals surface area contributed by atoms with Crippen molar-refractivity contribution in [3.8, 4) is 0 Å². The van der Waals surface area contributed by atoms with E-state index < -0.39 is 0 Å². The molecule has 1 aromatic heterocycles. The average molecular weight is 279 g/mol. The molecule has 0 unspecified atom stereocenters. The molecule has 0 spiro atoms. The molecule has 0 saturated carbocycles. The van der Waals surface area contributed by atoms with E-state index in [0.29, 0.717) is 5.56 Å². The van der Waals surface area contributed by atoms with Crippen LogP contribution in [0.3, 0.4) is 0 Å². The van der Waals surface area contributed by atoms with Crippen LogP contribution in [-0.2, 0) is 4.74 Å². The van der Waals surface area contributed by atoms with Gasteiger partial charge in [0, 0.05) is 39.2 Å². The van der Waals surface area contributed by atoms with Gasteiger partial charge >= 0.3 is 0 Å². The second-order valence-electron chi connectivity index (χ2n) is 4.70. The van der Waals surface area contributed by atoms with Crippen molar-refractivity contribution < 1.29 is 9.53 Å². The molecule has 1 aromatic rings. The minimum absolute atomic E-state index is 0.0610. The molecule has 0 saturated heterocycles. The lowest BCUT2D eigenvalue weighted by atomic mass is 10.2. The predicted octanol–water partition coefficient (Wildman–Crippen LogP) is 2.45. The number of hydrogen-bond donors (Lipinski definition) is 2. The van der Waals surface area contributed by atoms with Gasteiger partial charge in [-0.3, -0.25) is 9.78 Å². The minimum atomic E-state index is -0.0610. The Morgan fingerprint density at radius 2 is 2.10 bits per heavy atom. The van der Waals surface area contributed by atoms with Gasteiger partial charge in [-0.1, -0.05) is 19.8 Å². The van der Waals surface area contributed by atoms with E-state index in [2.05, 4.69) is 22.5 Å². The lowest BCUT2D eigenvalue weighted by Gasteiger charge is -2.08. The molecule has 0 aromatic carbocycles. The predicted molar refractivity (Wildman–Crippen MR) is 81.1 cm³/mol. The summed E-state index contributed by atoms with van der Waals surface area (Å²) in [6.45, 7) is 4.39. The van der Waals surface area contributed by atoms with Crippen molar-refractivity contribution in [2.24, 2.45) is 0 Å². The summed E-state index contributed by atoms with van der Waals surface area (Å²) < 4.78 is 4.99. The normalized spacial score (nSPS) is 10.3. The van der Waals surface area contributed by atoms with Gasteiger partial charge in [-0.05, 0) is 18.9 Å². The van der Waals surface area contributed by atoms with Crippen LogP contribution in [0.1, 0.15) is 43.0 Å². The Balaban J connectivity index is 2.39. The van der Waals surface area contributed by atoms with Crippen molar-refractivity contribution in [2.75, 3.05) is 32.1 Å². The van der Waals surface area contributed by atoms with Gasteiger partial charge in [-0.25, -0.2) is 0 Å². The van der Waals surface area contributed by atoms with Crippen molar-refractivity contribution in [3.63, 3.8) is 0 Å². The van der Waals surface area contributed by atoms with Crippen LogP contribution in [0.25, 0.3) is 0 Å². The topological polar surface area (TPSA) is 63.2 Å². The molecule has 0 fully saturated rings. The quantitative estimate of drug-likeness (QED) is 0.646. The maximum absolute atomic E-state index is 11.9. The lowest BCUT2D eigenvalue weighted by Crippen LogP contribution is -2.24. The molecule has 1 amide bonds. The average Bonchev–Trinajstić information content (AvgIpc) is 2.48. The van der Waals surface area contributed by atoms with E-state index in [1.54, 1.807) is 19.5 Å². The summed E-state index contributed by atoms with van der Waals surface area (Å²) in [4.78, 5) is 16.0. The van der Waals surface area contributed by atoms with Crippen molar-refractivity contribution in [1.82, 2.24) is 10.3 Å². The molecule has 0 aliphatic rings. The smallest absolute Gasteiger partial charge is 0.252 e. The highest BCUT2D eigenvalue weighted by molar-refractivity contribution is 5.94. The van der Waals surface area contributed by atoms with Crippen LogP contribution in [0.2, 0.25) is 0 Å². The maximum atomic E-state index is 11.9. The number of carbonyl (C=O) groups excluding carboxylic acids is 1. The fraction of sp³-hybridized carbons (Fsp3) is 0.600. The summed E-state index contributed by atoms with van der Waals surface area (Å²) in [5.41, 5.74) is 1.46. The monoisotopic (exact) mass is 279 g/mol. The molecule has 20 heavy (non-hydrogen) atoms. The Bertz CT molecular complexity index is 396. The SMILES string of the molecule is CCCCCNC(=O)c1cncc(NCCCOC)c1. The van der Waals surface area contributed by atoms with E-state index >= 15 is 0 Å². The van der Waals surface area contributed by atoms with Gasteiger partial charge in [-0.15, -0.1) is 0 Å². The highest BCUT2D eigenvalue weighted by Gasteiger charge is 2.06. The van der Waals surface area contributed by atoms with Crippen molar-refractivity contribution in [3.05, 3.63) is 24.0 Å². The molecule has 0 radical (unpaired) electrons.